The highest BCUT2D eigenvalue weighted by Gasteiger charge is 2.26. The standard InChI is InChI=1S/C17H22N4OS2/c1-3-18-16-19-20-17(24-16)23-11-15(22)21(2)14-10-6-8-12-7-4-5-9-13(12)14/h4-5,7,9,14H,3,6,8,10-11H2,1-2H3,(H,18,19). The fourth-order valence-corrected chi connectivity index (χ4v) is 4.76. The van der Waals surface area contributed by atoms with E-state index >= 15 is 0 Å². The van der Waals surface area contributed by atoms with Gasteiger partial charge in [0, 0.05) is 13.6 Å². The molecule has 1 aliphatic rings. The molecule has 24 heavy (non-hydrogen) atoms. The Balaban J connectivity index is 1.61. The van der Waals surface area contributed by atoms with E-state index in [4.69, 9.17) is 0 Å². The molecule has 0 aliphatic heterocycles. The van der Waals surface area contributed by atoms with Crippen LogP contribution < -0.4 is 5.32 Å². The van der Waals surface area contributed by atoms with E-state index < -0.39 is 0 Å². The van der Waals surface area contributed by atoms with E-state index in [-0.39, 0.29) is 11.9 Å². The normalized spacial score (nSPS) is 16.5. The average Bonchev–Trinajstić information content (AvgIpc) is 3.06. The molecule has 7 heteroatoms. The van der Waals surface area contributed by atoms with Crippen LogP contribution in [0.25, 0.3) is 0 Å². The molecule has 0 bridgehead atoms. The van der Waals surface area contributed by atoms with Gasteiger partial charge in [-0.2, -0.15) is 0 Å². The van der Waals surface area contributed by atoms with Gasteiger partial charge in [0.05, 0.1) is 11.8 Å². The Morgan fingerprint density at radius 2 is 2.25 bits per heavy atom. The lowest BCUT2D eigenvalue weighted by molar-refractivity contribution is -0.129. The molecule has 1 N–H and O–H groups in total. The van der Waals surface area contributed by atoms with Gasteiger partial charge in [-0.25, -0.2) is 0 Å². The molecule has 1 aromatic carbocycles. The zero-order valence-corrected chi connectivity index (χ0v) is 15.6. The van der Waals surface area contributed by atoms with Crippen molar-refractivity contribution in [1.29, 1.82) is 0 Å². The van der Waals surface area contributed by atoms with E-state index in [1.165, 1.54) is 34.2 Å². The van der Waals surface area contributed by atoms with Crippen LogP contribution in [0.2, 0.25) is 0 Å². The van der Waals surface area contributed by atoms with Gasteiger partial charge >= 0.3 is 0 Å². The highest BCUT2D eigenvalue weighted by atomic mass is 32.2. The first kappa shape index (κ1) is 17.2. The van der Waals surface area contributed by atoms with Crippen LogP contribution in [0.1, 0.15) is 36.9 Å². The van der Waals surface area contributed by atoms with Gasteiger partial charge < -0.3 is 10.2 Å². The number of rotatable bonds is 6. The van der Waals surface area contributed by atoms with E-state index in [0.717, 1.165) is 35.3 Å². The summed E-state index contributed by atoms with van der Waals surface area (Å²) in [5.74, 6) is 0.539. The Labute approximate surface area is 150 Å². The third-order valence-electron chi connectivity index (χ3n) is 4.25. The molecule has 1 amide bonds. The van der Waals surface area contributed by atoms with Gasteiger partial charge in [-0.15, -0.1) is 10.2 Å². The number of fused-ring (bicyclic) bond motifs is 1. The number of amides is 1. The number of thioether (sulfide) groups is 1. The van der Waals surface area contributed by atoms with Crippen molar-refractivity contribution < 1.29 is 4.79 Å². The first-order chi connectivity index (χ1) is 11.7. The van der Waals surface area contributed by atoms with Gasteiger partial charge in [0.25, 0.3) is 0 Å². The Kier molecular flexibility index (Phi) is 5.73. The Morgan fingerprint density at radius 1 is 1.42 bits per heavy atom. The third-order valence-corrected chi connectivity index (χ3v) is 6.25. The molecule has 1 atom stereocenters. The Morgan fingerprint density at radius 3 is 3.08 bits per heavy atom. The van der Waals surface area contributed by atoms with Gasteiger partial charge in [0.2, 0.25) is 11.0 Å². The van der Waals surface area contributed by atoms with Crippen molar-refractivity contribution in [3.05, 3.63) is 35.4 Å². The van der Waals surface area contributed by atoms with Crippen LogP contribution in [0.3, 0.4) is 0 Å². The fourth-order valence-electron chi connectivity index (χ4n) is 3.02. The predicted octanol–water partition coefficient (Wildman–Crippen LogP) is 3.60. The van der Waals surface area contributed by atoms with Crippen LogP contribution in [0.5, 0.6) is 0 Å². The highest BCUT2D eigenvalue weighted by Crippen LogP contribution is 2.34. The van der Waals surface area contributed by atoms with Crippen LogP contribution in [0, 0.1) is 0 Å². The van der Waals surface area contributed by atoms with E-state index in [0.29, 0.717) is 5.75 Å². The molecule has 3 rings (SSSR count). The monoisotopic (exact) mass is 362 g/mol. The largest absolute Gasteiger partial charge is 0.360 e. The SMILES string of the molecule is CCNc1nnc(SCC(=O)N(C)C2CCCc3ccccc32)s1. The molecule has 0 saturated heterocycles. The Bertz CT molecular complexity index is 703. The number of carbonyl (C=O) groups excluding carboxylic acids is 1. The molecule has 0 spiro atoms. The predicted molar refractivity (Wildman–Crippen MR) is 99.7 cm³/mol. The molecule has 0 saturated carbocycles. The second kappa shape index (κ2) is 7.98. The number of aromatic nitrogens is 2. The number of anilines is 1. The smallest absolute Gasteiger partial charge is 0.233 e. The molecule has 0 radical (unpaired) electrons. The summed E-state index contributed by atoms with van der Waals surface area (Å²) >= 11 is 2.96. The van der Waals surface area contributed by atoms with Crippen molar-refractivity contribution in [2.75, 3.05) is 24.7 Å². The number of nitrogens with zero attached hydrogens (tertiary/aromatic N) is 3. The van der Waals surface area contributed by atoms with Crippen LogP contribution >= 0.6 is 23.1 Å². The summed E-state index contributed by atoms with van der Waals surface area (Å²) in [6.45, 7) is 2.84. The molecule has 128 valence electrons. The van der Waals surface area contributed by atoms with Crippen molar-refractivity contribution in [2.24, 2.45) is 0 Å². The molecule has 0 fully saturated rings. The molecule has 1 heterocycles. The van der Waals surface area contributed by atoms with Gasteiger partial charge in [0.15, 0.2) is 4.34 Å². The molecular weight excluding hydrogens is 340 g/mol. The summed E-state index contributed by atoms with van der Waals surface area (Å²) in [6, 6.07) is 8.67. The lowest BCUT2D eigenvalue weighted by Crippen LogP contribution is -2.34. The summed E-state index contributed by atoms with van der Waals surface area (Å²) in [5, 5.41) is 12.1. The van der Waals surface area contributed by atoms with Gasteiger partial charge in [-0.1, -0.05) is 47.4 Å². The minimum atomic E-state index is 0.141. The van der Waals surface area contributed by atoms with E-state index in [1.54, 1.807) is 0 Å². The number of aryl methyl sites for hydroxylation is 1. The summed E-state index contributed by atoms with van der Waals surface area (Å²) < 4.78 is 0.830. The molecule has 1 unspecified atom stereocenters. The lowest BCUT2D eigenvalue weighted by atomic mass is 9.87. The van der Waals surface area contributed by atoms with Gasteiger partial charge in [-0.05, 0) is 37.3 Å². The number of nitrogens with one attached hydrogen (secondary N) is 1. The van der Waals surface area contributed by atoms with E-state index in [2.05, 4.69) is 39.8 Å². The highest BCUT2D eigenvalue weighted by molar-refractivity contribution is 8.01. The molecular formula is C17H22N4OS2. The fraction of sp³-hybridized carbons (Fsp3) is 0.471. The summed E-state index contributed by atoms with van der Waals surface area (Å²) in [4.78, 5) is 14.5. The number of benzene rings is 1. The molecule has 2 aromatic rings. The Hall–Kier alpha value is -1.60. The first-order valence-electron chi connectivity index (χ1n) is 8.22. The van der Waals surface area contributed by atoms with Crippen molar-refractivity contribution in [3.63, 3.8) is 0 Å². The minimum absolute atomic E-state index is 0.141. The van der Waals surface area contributed by atoms with E-state index in [9.17, 15) is 4.79 Å². The zero-order valence-electron chi connectivity index (χ0n) is 14.0. The number of hydrogen-bond donors (Lipinski definition) is 1. The van der Waals surface area contributed by atoms with Gasteiger partial charge in [-0.3, -0.25) is 4.79 Å². The van der Waals surface area contributed by atoms with Crippen LogP contribution in [0.4, 0.5) is 5.13 Å². The van der Waals surface area contributed by atoms with Crippen LogP contribution in [-0.2, 0) is 11.2 Å². The maximum atomic E-state index is 12.6. The van der Waals surface area contributed by atoms with Crippen LogP contribution in [0.15, 0.2) is 28.6 Å². The first-order valence-corrected chi connectivity index (χ1v) is 10.0. The maximum Gasteiger partial charge on any atom is 0.233 e. The van der Waals surface area contributed by atoms with Crippen molar-refractivity contribution in [1.82, 2.24) is 15.1 Å². The van der Waals surface area contributed by atoms with Crippen molar-refractivity contribution in [2.45, 2.75) is 36.6 Å². The summed E-state index contributed by atoms with van der Waals surface area (Å²) in [5.41, 5.74) is 2.68. The quantitative estimate of drug-likeness (QED) is 0.796. The minimum Gasteiger partial charge on any atom is -0.360 e. The van der Waals surface area contributed by atoms with Crippen molar-refractivity contribution in [3.8, 4) is 0 Å². The third kappa shape index (κ3) is 3.89. The van der Waals surface area contributed by atoms with Crippen LogP contribution in [-0.4, -0.2) is 40.3 Å². The lowest BCUT2D eigenvalue weighted by Gasteiger charge is -2.33. The molecule has 1 aliphatic carbocycles. The zero-order chi connectivity index (χ0) is 16.9. The van der Waals surface area contributed by atoms with Crippen molar-refractivity contribution >= 4 is 34.1 Å². The summed E-state index contributed by atoms with van der Waals surface area (Å²) in [6.07, 6.45) is 3.28. The summed E-state index contributed by atoms with van der Waals surface area (Å²) in [7, 11) is 1.92. The van der Waals surface area contributed by atoms with E-state index in [1.807, 2.05) is 18.9 Å². The second-order valence-corrected chi connectivity index (χ2v) is 8.00. The maximum absolute atomic E-state index is 12.6. The second-order valence-electron chi connectivity index (χ2n) is 5.80. The number of carbonyl (C=O) groups is 1. The molecule has 5 nitrogen and oxygen atoms in total. The average molecular weight is 363 g/mol. The molecule has 1 aromatic heterocycles. The van der Waals surface area contributed by atoms with Gasteiger partial charge in [0.1, 0.15) is 0 Å². The topological polar surface area (TPSA) is 58.1 Å². The number of hydrogen-bond acceptors (Lipinski definition) is 6.